The summed E-state index contributed by atoms with van der Waals surface area (Å²) in [5.74, 6) is 0. The molecule has 4 rings (SSSR count). The van der Waals surface area contributed by atoms with Crippen LogP contribution in [0.5, 0.6) is 0 Å². The molecule has 0 aliphatic carbocycles. The quantitative estimate of drug-likeness (QED) is 0.109. The normalized spacial score (nSPS) is 11.9. The Balaban J connectivity index is 0.00000182. The molecule has 0 amide bonds. The van der Waals surface area contributed by atoms with Crippen molar-refractivity contribution >= 4 is 68.6 Å². The molecule has 0 radical (unpaired) electrons. The first kappa shape index (κ1) is 51.5. The van der Waals surface area contributed by atoms with Crippen LogP contribution in [-0.2, 0) is 21.7 Å². The summed E-state index contributed by atoms with van der Waals surface area (Å²) in [6, 6.07) is 29.6. The maximum Gasteiger partial charge on any atom is 0.123 e. The van der Waals surface area contributed by atoms with Gasteiger partial charge in [-0.05, 0) is 41.5 Å². The first-order chi connectivity index (χ1) is 23.6. The minimum absolute atomic E-state index is 0. The molecule has 0 saturated carbocycles. The molecular formula is C45H75O3Si4Ti-. The molecule has 0 aliphatic heterocycles. The number of benzene rings is 3. The van der Waals surface area contributed by atoms with Gasteiger partial charge in [0.25, 0.3) is 0 Å². The van der Waals surface area contributed by atoms with E-state index >= 15 is 0 Å². The van der Waals surface area contributed by atoms with Gasteiger partial charge in [-0.3, -0.25) is 0 Å². The van der Waals surface area contributed by atoms with Crippen molar-refractivity contribution in [2.75, 3.05) is 0 Å². The number of aliphatic hydroxyl groups excluding tert-OH is 3. The Morgan fingerprint density at radius 2 is 0.604 bits per heavy atom. The maximum atomic E-state index is 8.06. The van der Waals surface area contributed by atoms with E-state index < -0.39 is 32.3 Å². The monoisotopic (exact) mass is 823 g/mol. The SMILES string of the molecule is CC(C)O.CC(C)O.CC(C)O.Cc1c(C)c(C)[c-]([Si](c2cccc([Si](C)(C)C)c2)(c2cccc([Si](C)(C)C)c2)c2cccc([Si](C)(C)C)c2)c1C.[Ti]. The van der Waals surface area contributed by atoms with E-state index in [0.29, 0.717) is 0 Å². The van der Waals surface area contributed by atoms with E-state index in [4.69, 9.17) is 15.3 Å². The Labute approximate surface area is 345 Å². The molecule has 8 heteroatoms. The molecule has 0 saturated heterocycles. The van der Waals surface area contributed by atoms with Crippen molar-refractivity contribution in [2.45, 2.75) is 146 Å². The predicted octanol–water partition coefficient (Wildman–Crippen LogP) is 6.81. The topological polar surface area (TPSA) is 60.7 Å². The third-order valence-electron chi connectivity index (χ3n) is 9.30. The summed E-state index contributed by atoms with van der Waals surface area (Å²) in [5.41, 5.74) is 5.93. The van der Waals surface area contributed by atoms with Crippen LogP contribution in [0.15, 0.2) is 72.8 Å². The molecule has 0 atom stereocenters. The van der Waals surface area contributed by atoms with E-state index in [1.54, 1.807) is 77.8 Å². The molecule has 53 heavy (non-hydrogen) atoms. The van der Waals surface area contributed by atoms with Gasteiger partial charge in [0.15, 0.2) is 0 Å². The van der Waals surface area contributed by atoms with Gasteiger partial charge < -0.3 is 15.3 Å². The molecule has 0 unspecified atom stereocenters. The van der Waals surface area contributed by atoms with Crippen LogP contribution in [0.3, 0.4) is 0 Å². The van der Waals surface area contributed by atoms with E-state index in [-0.39, 0.29) is 40.0 Å². The van der Waals surface area contributed by atoms with Gasteiger partial charge in [0.1, 0.15) is 8.07 Å². The minimum Gasteiger partial charge on any atom is -0.394 e. The van der Waals surface area contributed by atoms with Crippen LogP contribution < -0.4 is 36.3 Å². The Bertz CT molecular complexity index is 1520. The number of aliphatic hydroxyl groups is 3. The van der Waals surface area contributed by atoms with E-state index in [9.17, 15) is 0 Å². The first-order valence-electron chi connectivity index (χ1n) is 19.2. The fraction of sp³-hybridized carbons (Fsp3) is 0.489. The smallest absolute Gasteiger partial charge is 0.123 e. The van der Waals surface area contributed by atoms with E-state index in [1.165, 1.54) is 22.3 Å². The number of rotatable bonds is 7. The first-order valence-corrected chi connectivity index (χ1v) is 31.7. The van der Waals surface area contributed by atoms with E-state index in [2.05, 4.69) is 159 Å². The molecule has 3 nitrogen and oxygen atoms in total. The second-order valence-electron chi connectivity index (χ2n) is 18.4. The van der Waals surface area contributed by atoms with Crippen molar-refractivity contribution < 1.29 is 37.0 Å². The average Bonchev–Trinajstić information content (AvgIpc) is 3.18. The average molecular weight is 824 g/mol. The molecule has 0 spiro atoms. The van der Waals surface area contributed by atoms with Gasteiger partial charge in [-0.15, -0.1) is 5.19 Å². The number of hydrogen-bond acceptors (Lipinski definition) is 3. The molecule has 0 heterocycles. The summed E-state index contributed by atoms with van der Waals surface area (Å²) in [6.07, 6.45) is -0.500. The Morgan fingerprint density at radius 1 is 0.415 bits per heavy atom. The third kappa shape index (κ3) is 14.5. The van der Waals surface area contributed by atoms with Crippen LogP contribution in [0.25, 0.3) is 0 Å². The Kier molecular flexibility index (Phi) is 20.5. The van der Waals surface area contributed by atoms with Crippen LogP contribution in [0, 0.1) is 27.7 Å². The van der Waals surface area contributed by atoms with Crippen LogP contribution in [-0.4, -0.2) is 65.9 Å². The number of hydrogen-bond donors (Lipinski definition) is 3. The standard InChI is InChI=1S/C36H51Si4.3C3H8O.Ti/c1-26-27(2)29(4)36(28(26)3)40(33-20-14-17-30(23-33)37(5,6)7,34-21-15-18-31(24-34)38(8,9)10)35-22-16-19-32(25-35)39(11,12)13;3*1-3(2)4;/h14-25H,1-13H3;3*3-4H,1-2H3;/q-1;;;;. The molecule has 0 fully saturated rings. The second-order valence-corrected chi connectivity index (χ2v) is 37.4. The largest absolute Gasteiger partial charge is 0.394 e. The van der Waals surface area contributed by atoms with Crippen molar-refractivity contribution in [1.29, 1.82) is 0 Å². The van der Waals surface area contributed by atoms with Crippen molar-refractivity contribution in [3.05, 3.63) is 95.1 Å². The van der Waals surface area contributed by atoms with Gasteiger partial charge in [0.05, 0.1) is 24.2 Å². The van der Waals surface area contributed by atoms with Crippen molar-refractivity contribution in [3.8, 4) is 0 Å². The molecule has 0 aliphatic rings. The Hall–Kier alpha value is -1.53. The van der Waals surface area contributed by atoms with Gasteiger partial charge >= 0.3 is 0 Å². The summed E-state index contributed by atoms with van der Waals surface area (Å²) >= 11 is 0. The zero-order valence-corrected chi connectivity index (χ0v) is 42.6. The molecule has 294 valence electrons. The molecule has 0 aromatic heterocycles. The summed E-state index contributed by atoms with van der Waals surface area (Å²) < 4.78 is 0. The predicted molar refractivity (Wildman–Crippen MR) is 246 cm³/mol. The zero-order chi connectivity index (χ0) is 40.6. The van der Waals surface area contributed by atoms with Crippen LogP contribution in [0.4, 0.5) is 0 Å². The van der Waals surface area contributed by atoms with Crippen LogP contribution >= 0.6 is 0 Å². The van der Waals surface area contributed by atoms with Gasteiger partial charge in [-0.25, -0.2) is 0 Å². The maximum absolute atomic E-state index is 8.06. The molecular weight excluding hydrogens is 749 g/mol. The summed E-state index contributed by atoms with van der Waals surface area (Å²) in [4.78, 5) is 0. The third-order valence-corrected chi connectivity index (χ3v) is 20.5. The fourth-order valence-electron chi connectivity index (χ4n) is 6.37. The van der Waals surface area contributed by atoms with Crippen molar-refractivity contribution in [1.82, 2.24) is 0 Å². The molecule has 3 N–H and O–H groups in total. The minimum atomic E-state index is -2.66. The zero-order valence-electron chi connectivity index (χ0n) is 37.0. The van der Waals surface area contributed by atoms with Crippen LogP contribution in [0.2, 0.25) is 58.9 Å². The van der Waals surface area contributed by atoms with Crippen molar-refractivity contribution in [3.63, 3.8) is 0 Å². The van der Waals surface area contributed by atoms with Gasteiger partial charge in [0.2, 0.25) is 0 Å². The molecule has 4 aromatic carbocycles. The second kappa shape index (κ2) is 21.1. The van der Waals surface area contributed by atoms with Gasteiger partial charge in [0, 0.05) is 40.0 Å². The fourth-order valence-corrected chi connectivity index (χ4v) is 15.9. The van der Waals surface area contributed by atoms with E-state index in [0.717, 1.165) is 0 Å². The summed E-state index contributed by atoms with van der Waals surface area (Å²) in [5, 5.41) is 35.1. The van der Waals surface area contributed by atoms with E-state index in [1.807, 2.05) is 0 Å². The summed E-state index contributed by atoms with van der Waals surface area (Å²) in [6.45, 7) is 42.2. The Morgan fingerprint density at radius 3 is 0.792 bits per heavy atom. The van der Waals surface area contributed by atoms with Crippen LogP contribution in [0.1, 0.15) is 63.8 Å². The van der Waals surface area contributed by atoms with Gasteiger partial charge in [-0.1, -0.05) is 191 Å². The van der Waals surface area contributed by atoms with Crippen molar-refractivity contribution in [2.24, 2.45) is 0 Å². The summed E-state index contributed by atoms with van der Waals surface area (Å²) in [7, 11) is -7.24. The molecule has 4 aromatic rings. The van der Waals surface area contributed by atoms with Gasteiger partial charge in [-0.2, -0.15) is 22.3 Å². The molecule has 0 bridgehead atoms.